The van der Waals surface area contributed by atoms with Crippen LogP contribution in [0.5, 0.6) is 0 Å². The molecule has 2 rings (SSSR count). The molecule has 0 aromatic heterocycles. The van der Waals surface area contributed by atoms with Crippen LogP contribution < -0.4 is 5.73 Å². The van der Waals surface area contributed by atoms with Gasteiger partial charge in [-0.25, -0.2) is 0 Å². The van der Waals surface area contributed by atoms with Crippen LogP contribution in [0.15, 0.2) is 22.7 Å². The number of amides is 1. The molecular weight excluding hydrogens is 296 g/mol. The Kier molecular flexibility index (Phi) is 4.37. The number of benzene rings is 1. The van der Waals surface area contributed by atoms with Gasteiger partial charge in [0.25, 0.3) is 5.91 Å². The summed E-state index contributed by atoms with van der Waals surface area (Å²) in [6.07, 6.45) is 0. The summed E-state index contributed by atoms with van der Waals surface area (Å²) in [5.41, 5.74) is 7.40. The van der Waals surface area contributed by atoms with Crippen molar-refractivity contribution in [3.8, 4) is 0 Å². The third kappa shape index (κ3) is 2.74. The molecule has 1 aliphatic rings. The number of hydrogen-bond acceptors (Lipinski definition) is 3. The first-order valence-corrected chi connectivity index (χ1v) is 6.77. The van der Waals surface area contributed by atoms with Crippen molar-refractivity contribution < 1.29 is 9.53 Å². The van der Waals surface area contributed by atoms with Crippen LogP contribution in [-0.2, 0) is 4.74 Å². The van der Waals surface area contributed by atoms with Gasteiger partial charge in [-0.1, -0.05) is 22.0 Å². The topological polar surface area (TPSA) is 55.6 Å². The number of nitrogens with two attached hydrogens (primary N) is 1. The summed E-state index contributed by atoms with van der Waals surface area (Å²) in [7, 11) is 0. The number of halogens is 1. The summed E-state index contributed by atoms with van der Waals surface area (Å²) < 4.78 is 6.27. The quantitative estimate of drug-likeness (QED) is 0.901. The van der Waals surface area contributed by atoms with E-state index in [9.17, 15) is 4.79 Å². The Morgan fingerprint density at radius 1 is 1.61 bits per heavy atom. The van der Waals surface area contributed by atoms with Gasteiger partial charge in [0.05, 0.1) is 19.3 Å². The van der Waals surface area contributed by atoms with Crippen molar-refractivity contribution in [3.05, 3.63) is 33.8 Å². The predicted molar refractivity (Wildman–Crippen MR) is 73.6 cm³/mol. The minimum atomic E-state index is -0.0235. The maximum atomic E-state index is 12.5. The van der Waals surface area contributed by atoms with Gasteiger partial charge in [0, 0.05) is 23.1 Å². The van der Waals surface area contributed by atoms with Crippen LogP contribution in [0.25, 0.3) is 0 Å². The second-order valence-corrected chi connectivity index (χ2v) is 5.34. The van der Waals surface area contributed by atoms with E-state index in [1.165, 1.54) is 0 Å². The molecule has 2 N–H and O–H groups in total. The van der Waals surface area contributed by atoms with Crippen LogP contribution in [0.4, 0.5) is 0 Å². The van der Waals surface area contributed by atoms with Crippen molar-refractivity contribution in [2.45, 2.75) is 13.0 Å². The van der Waals surface area contributed by atoms with Crippen LogP contribution in [0.2, 0.25) is 0 Å². The molecule has 98 valence electrons. The fourth-order valence-electron chi connectivity index (χ4n) is 2.10. The molecule has 0 radical (unpaired) electrons. The highest BCUT2D eigenvalue weighted by molar-refractivity contribution is 9.10. The van der Waals surface area contributed by atoms with E-state index in [1.807, 2.05) is 30.0 Å². The first kappa shape index (κ1) is 13.5. The van der Waals surface area contributed by atoms with E-state index in [-0.39, 0.29) is 11.9 Å². The Morgan fingerprint density at radius 3 is 3.11 bits per heavy atom. The molecule has 18 heavy (non-hydrogen) atoms. The molecule has 0 bridgehead atoms. The van der Waals surface area contributed by atoms with E-state index in [2.05, 4.69) is 15.9 Å². The molecule has 1 aliphatic heterocycles. The van der Waals surface area contributed by atoms with Gasteiger partial charge < -0.3 is 15.4 Å². The van der Waals surface area contributed by atoms with E-state index >= 15 is 0 Å². The summed E-state index contributed by atoms with van der Waals surface area (Å²) in [6, 6.07) is 5.71. The maximum Gasteiger partial charge on any atom is 0.254 e. The molecule has 1 atom stereocenters. The highest BCUT2D eigenvalue weighted by Gasteiger charge is 2.27. The minimum absolute atomic E-state index is 0.0235. The van der Waals surface area contributed by atoms with Gasteiger partial charge in [0.1, 0.15) is 0 Å². The SMILES string of the molecule is Cc1ccc(Br)cc1C(=O)N1CCOCC1CN. The number of morpholine rings is 1. The average Bonchev–Trinajstić information content (AvgIpc) is 2.40. The van der Waals surface area contributed by atoms with Crippen molar-refractivity contribution in [3.63, 3.8) is 0 Å². The number of nitrogens with zero attached hydrogens (tertiary/aromatic N) is 1. The molecule has 1 heterocycles. The summed E-state index contributed by atoms with van der Waals surface area (Å²) >= 11 is 3.40. The number of carbonyl (C=O) groups excluding carboxylic acids is 1. The van der Waals surface area contributed by atoms with Gasteiger partial charge in [0.2, 0.25) is 0 Å². The first-order chi connectivity index (χ1) is 8.63. The van der Waals surface area contributed by atoms with Crippen molar-refractivity contribution in [2.24, 2.45) is 5.73 Å². The molecule has 0 spiro atoms. The van der Waals surface area contributed by atoms with E-state index < -0.39 is 0 Å². The monoisotopic (exact) mass is 312 g/mol. The molecule has 1 fully saturated rings. The third-order valence-corrected chi connectivity index (χ3v) is 3.68. The summed E-state index contributed by atoms with van der Waals surface area (Å²) in [4.78, 5) is 14.4. The second-order valence-electron chi connectivity index (χ2n) is 4.42. The van der Waals surface area contributed by atoms with Crippen LogP contribution in [0.1, 0.15) is 15.9 Å². The third-order valence-electron chi connectivity index (χ3n) is 3.19. The van der Waals surface area contributed by atoms with Gasteiger partial charge in [-0.3, -0.25) is 4.79 Å². The van der Waals surface area contributed by atoms with Gasteiger partial charge >= 0.3 is 0 Å². The van der Waals surface area contributed by atoms with Gasteiger partial charge in [0.15, 0.2) is 0 Å². The van der Waals surface area contributed by atoms with Crippen molar-refractivity contribution >= 4 is 21.8 Å². The van der Waals surface area contributed by atoms with Crippen LogP contribution >= 0.6 is 15.9 Å². The van der Waals surface area contributed by atoms with E-state index in [0.717, 1.165) is 15.6 Å². The molecule has 4 nitrogen and oxygen atoms in total. The maximum absolute atomic E-state index is 12.5. The highest BCUT2D eigenvalue weighted by Crippen LogP contribution is 2.19. The number of rotatable bonds is 2. The zero-order chi connectivity index (χ0) is 13.1. The lowest BCUT2D eigenvalue weighted by atomic mass is 10.1. The lowest BCUT2D eigenvalue weighted by Crippen LogP contribution is -2.52. The lowest BCUT2D eigenvalue weighted by molar-refractivity contribution is 0.000795. The summed E-state index contributed by atoms with van der Waals surface area (Å²) in [5, 5.41) is 0. The molecule has 1 amide bonds. The first-order valence-electron chi connectivity index (χ1n) is 5.98. The molecule has 0 aliphatic carbocycles. The van der Waals surface area contributed by atoms with Gasteiger partial charge in [-0.05, 0) is 24.6 Å². The second kappa shape index (κ2) is 5.82. The molecule has 1 aromatic rings. The average molecular weight is 313 g/mol. The molecule has 5 heteroatoms. The standard InChI is InChI=1S/C13H17BrN2O2/c1-9-2-3-10(14)6-12(9)13(17)16-4-5-18-8-11(16)7-15/h2-3,6,11H,4-5,7-8,15H2,1H3. The van der Waals surface area contributed by atoms with Crippen molar-refractivity contribution in [1.82, 2.24) is 4.90 Å². The molecule has 0 saturated carbocycles. The van der Waals surface area contributed by atoms with Crippen molar-refractivity contribution in [1.29, 1.82) is 0 Å². The Bertz CT molecular complexity index is 451. The normalized spacial score (nSPS) is 19.9. The van der Waals surface area contributed by atoms with E-state index in [0.29, 0.717) is 26.3 Å². The predicted octanol–water partition coefficient (Wildman–Crippen LogP) is 1.56. The Morgan fingerprint density at radius 2 is 2.39 bits per heavy atom. The lowest BCUT2D eigenvalue weighted by Gasteiger charge is -2.35. The van der Waals surface area contributed by atoms with Gasteiger partial charge in [-0.15, -0.1) is 0 Å². The summed E-state index contributed by atoms with van der Waals surface area (Å²) in [6.45, 7) is 4.08. The fourth-order valence-corrected chi connectivity index (χ4v) is 2.46. The zero-order valence-electron chi connectivity index (χ0n) is 10.4. The smallest absolute Gasteiger partial charge is 0.254 e. The fraction of sp³-hybridized carbons (Fsp3) is 0.462. The molecule has 1 unspecified atom stereocenters. The highest BCUT2D eigenvalue weighted by atomic mass is 79.9. The number of hydrogen-bond donors (Lipinski definition) is 1. The van der Waals surface area contributed by atoms with Crippen LogP contribution in [0.3, 0.4) is 0 Å². The number of ether oxygens (including phenoxy) is 1. The van der Waals surface area contributed by atoms with Crippen LogP contribution in [-0.4, -0.2) is 43.2 Å². The Labute approximate surface area is 115 Å². The molecule has 1 saturated heterocycles. The summed E-state index contributed by atoms with van der Waals surface area (Å²) in [5.74, 6) is 0.0348. The largest absolute Gasteiger partial charge is 0.377 e. The van der Waals surface area contributed by atoms with Crippen LogP contribution in [0, 0.1) is 6.92 Å². The molecular formula is C13H17BrN2O2. The van der Waals surface area contributed by atoms with Crippen molar-refractivity contribution in [2.75, 3.05) is 26.3 Å². The van der Waals surface area contributed by atoms with E-state index in [4.69, 9.17) is 10.5 Å². The minimum Gasteiger partial charge on any atom is -0.377 e. The zero-order valence-corrected chi connectivity index (χ0v) is 11.9. The molecule has 1 aromatic carbocycles. The number of carbonyl (C=O) groups is 1. The Balaban J connectivity index is 2.26. The van der Waals surface area contributed by atoms with E-state index in [1.54, 1.807) is 0 Å². The number of aryl methyl sites for hydroxylation is 1. The Hall–Kier alpha value is -0.910. The van der Waals surface area contributed by atoms with Gasteiger partial charge in [-0.2, -0.15) is 0 Å².